The summed E-state index contributed by atoms with van der Waals surface area (Å²) in [6, 6.07) is 3.23. The Morgan fingerprint density at radius 1 is 1.21 bits per heavy atom. The number of methoxy groups -OCH3 is 1. The molecule has 1 aromatic rings. The molecule has 2 heterocycles. The Bertz CT molecular complexity index is 744. The minimum absolute atomic E-state index is 0.0404. The maximum absolute atomic E-state index is 12.8. The van der Waals surface area contributed by atoms with Gasteiger partial charge in [0.1, 0.15) is 5.75 Å². The molecule has 0 aromatic heterocycles. The van der Waals surface area contributed by atoms with Crippen LogP contribution in [0.3, 0.4) is 0 Å². The molecule has 1 aromatic carbocycles. The van der Waals surface area contributed by atoms with E-state index in [0.29, 0.717) is 42.8 Å². The van der Waals surface area contributed by atoms with Crippen LogP contribution in [-0.4, -0.2) is 74.2 Å². The van der Waals surface area contributed by atoms with Crippen LogP contribution in [0.5, 0.6) is 5.75 Å². The molecule has 2 aliphatic heterocycles. The predicted molar refractivity (Wildman–Crippen MR) is 113 cm³/mol. The van der Waals surface area contributed by atoms with E-state index in [0.717, 1.165) is 31.5 Å². The number of nitrogens with zero attached hydrogens (tertiary/aromatic N) is 2. The van der Waals surface area contributed by atoms with Crippen molar-refractivity contribution in [3.05, 3.63) is 22.7 Å². The molecule has 8 heteroatoms. The highest BCUT2D eigenvalue weighted by Gasteiger charge is 2.32. The molecular weight excluding hydrogens is 394 g/mol. The van der Waals surface area contributed by atoms with E-state index in [-0.39, 0.29) is 23.8 Å². The fourth-order valence-corrected chi connectivity index (χ4v) is 4.06. The van der Waals surface area contributed by atoms with Crippen LogP contribution in [0.1, 0.15) is 25.3 Å². The smallest absolute Gasteiger partial charge is 0.241 e. The zero-order valence-electron chi connectivity index (χ0n) is 17.4. The van der Waals surface area contributed by atoms with E-state index < -0.39 is 0 Å². The van der Waals surface area contributed by atoms with Gasteiger partial charge in [0.2, 0.25) is 11.8 Å². The zero-order valence-corrected chi connectivity index (χ0v) is 18.1. The highest BCUT2D eigenvalue weighted by molar-refractivity contribution is 6.31. The highest BCUT2D eigenvalue weighted by atomic mass is 35.5. The molecule has 29 heavy (non-hydrogen) atoms. The van der Waals surface area contributed by atoms with Gasteiger partial charge in [-0.25, -0.2) is 0 Å². The van der Waals surface area contributed by atoms with Crippen molar-refractivity contribution in [2.24, 2.45) is 5.92 Å². The third kappa shape index (κ3) is 5.21. The van der Waals surface area contributed by atoms with Gasteiger partial charge in [-0.05, 0) is 51.4 Å². The number of halogens is 1. The number of hydrogen-bond donors (Lipinski definition) is 1. The molecule has 160 valence electrons. The maximum Gasteiger partial charge on any atom is 0.241 e. The SMILES string of the molecule is COc1cc(Cl)c(C)cc1NC(=O)[C@H](C)N1CCC(C(=O)N2CCOCC2)CC1. The summed E-state index contributed by atoms with van der Waals surface area (Å²) >= 11 is 6.14. The van der Waals surface area contributed by atoms with Crippen molar-refractivity contribution in [2.45, 2.75) is 32.7 Å². The topological polar surface area (TPSA) is 71.1 Å². The second kappa shape index (κ2) is 9.78. The summed E-state index contributed by atoms with van der Waals surface area (Å²) < 4.78 is 10.7. The number of amides is 2. The van der Waals surface area contributed by atoms with Crippen molar-refractivity contribution in [2.75, 3.05) is 51.8 Å². The Kier molecular flexibility index (Phi) is 7.38. The molecule has 0 radical (unpaired) electrons. The summed E-state index contributed by atoms with van der Waals surface area (Å²) in [6.45, 7) is 7.84. The van der Waals surface area contributed by atoms with E-state index in [1.165, 1.54) is 0 Å². The van der Waals surface area contributed by atoms with Crippen LogP contribution in [0, 0.1) is 12.8 Å². The molecule has 7 nitrogen and oxygen atoms in total. The first-order valence-corrected chi connectivity index (χ1v) is 10.5. The van der Waals surface area contributed by atoms with E-state index in [1.807, 2.05) is 24.8 Å². The Morgan fingerprint density at radius 2 is 1.86 bits per heavy atom. The summed E-state index contributed by atoms with van der Waals surface area (Å²) in [5.74, 6) is 0.712. The van der Waals surface area contributed by atoms with E-state index >= 15 is 0 Å². The van der Waals surface area contributed by atoms with Gasteiger partial charge in [-0.15, -0.1) is 0 Å². The highest BCUT2D eigenvalue weighted by Crippen LogP contribution is 2.31. The molecule has 1 atom stereocenters. The van der Waals surface area contributed by atoms with Gasteiger partial charge in [-0.2, -0.15) is 0 Å². The second-order valence-corrected chi connectivity index (χ2v) is 8.12. The maximum atomic E-state index is 12.8. The number of likely N-dealkylation sites (tertiary alicyclic amines) is 1. The third-order valence-corrected chi connectivity index (χ3v) is 6.27. The summed E-state index contributed by atoms with van der Waals surface area (Å²) in [7, 11) is 1.55. The Balaban J connectivity index is 1.55. The number of benzene rings is 1. The number of ether oxygens (including phenoxy) is 2. The molecule has 2 saturated heterocycles. The van der Waals surface area contributed by atoms with Gasteiger partial charge < -0.3 is 19.7 Å². The summed E-state index contributed by atoms with van der Waals surface area (Å²) in [4.78, 5) is 29.5. The number of anilines is 1. The standard InChI is InChI=1S/C21H30ClN3O4/c1-14-12-18(19(28-3)13-17(14)22)23-20(26)15(2)24-6-4-16(5-7-24)21(27)25-8-10-29-11-9-25/h12-13,15-16H,4-11H2,1-3H3,(H,23,26)/t15-/m0/s1. The van der Waals surface area contributed by atoms with Gasteiger partial charge in [0.25, 0.3) is 0 Å². The van der Waals surface area contributed by atoms with Gasteiger partial charge in [-0.1, -0.05) is 11.6 Å². The average molecular weight is 424 g/mol. The number of carbonyl (C=O) groups is 2. The summed E-state index contributed by atoms with van der Waals surface area (Å²) in [6.07, 6.45) is 1.55. The lowest BCUT2D eigenvalue weighted by Gasteiger charge is -2.37. The first-order valence-electron chi connectivity index (χ1n) is 10.2. The quantitative estimate of drug-likeness (QED) is 0.788. The third-order valence-electron chi connectivity index (χ3n) is 5.87. The van der Waals surface area contributed by atoms with Crippen LogP contribution in [0.2, 0.25) is 5.02 Å². The fourth-order valence-electron chi connectivity index (χ4n) is 3.91. The molecule has 2 amide bonds. The average Bonchev–Trinajstić information content (AvgIpc) is 2.75. The monoisotopic (exact) mass is 423 g/mol. The van der Waals surface area contributed by atoms with E-state index in [2.05, 4.69) is 10.2 Å². The Labute approximate surface area is 177 Å². The molecule has 1 N–H and O–H groups in total. The Hall–Kier alpha value is -1.83. The Morgan fingerprint density at radius 3 is 2.48 bits per heavy atom. The molecular formula is C21H30ClN3O4. The molecule has 0 spiro atoms. The van der Waals surface area contributed by atoms with Crippen LogP contribution in [0.15, 0.2) is 12.1 Å². The van der Waals surface area contributed by atoms with Crippen LogP contribution in [0.25, 0.3) is 0 Å². The van der Waals surface area contributed by atoms with Gasteiger partial charge >= 0.3 is 0 Å². The largest absolute Gasteiger partial charge is 0.495 e. The zero-order chi connectivity index (χ0) is 21.0. The normalized spacial score (nSPS) is 19.7. The van der Waals surface area contributed by atoms with E-state index in [9.17, 15) is 9.59 Å². The number of morpholine rings is 1. The van der Waals surface area contributed by atoms with Crippen molar-refractivity contribution in [1.82, 2.24) is 9.80 Å². The van der Waals surface area contributed by atoms with Crippen molar-refractivity contribution < 1.29 is 19.1 Å². The van der Waals surface area contributed by atoms with Crippen LogP contribution in [-0.2, 0) is 14.3 Å². The van der Waals surface area contributed by atoms with Gasteiger partial charge in [0.15, 0.2) is 0 Å². The summed E-state index contributed by atoms with van der Waals surface area (Å²) in [5.41, 5.74) is 1.49. The van der Waals surface area contributed by atoms with Gasteiger partial charge in [-0.3, -0.25) is 14.5 Å². The molecule has 2 fully saturated rings. The lowest BCUT2D eigenvalue weighted by molar-refractivity contribution is -0.141. The van der Waals surface area contributed by atoms with Crippen molar-refractivity contribution in [3.8, 4) is 5.75 Å². The van der Waals surface area contributed by atoms with E-state index in [4.69, 9.17) is 21.1 Å². The van der Waals surface area contributed by atoms with Crippen molar-refractivity contribution in [1.29, 1.82) is 0 Å². The first-order chi connectivity index (χ1) is 13.9. The minimum atomic E-state index is -0.296. The molecule has 0 saturated carbocycles. The number of hydrogen-bond acceptors (Lipinski definition) is 5. The van der Waals surface area contributed by atoms with Crippen LogP contribution >= 0.6 is 11.6 Å². The number of carbonyl (C=O) groups excluding carboxylic acids is 2. The summed E-state index contributed by atoms with van der Waals surface area (Å²) in [5, 5.41) is 3.56. The van der Waals surface area contributed by atoms with Crippen LogP contribution < -0.4 is 10.1 Å². The predicted octanol–water partition coefficient (Wildman–Crippen LogP) is 2.55. The molecule has 0 aliphatic carbocycles. The van der Waals surface area contributed by atoms with Crippen LogP contribution in [0.4, 0.5) is 5.69 Å². The minimum Gasteiger partial charge on any atom is -0.495 e. The van der Waals surface area contributed by atoms with Gasteiger partial charge in [0.05, 0.1) is 32.1 Å². The molecule has 2 aliphatic rings. The molecule has 0 bridgehead atoms. The lowest BCUT2D eigenvalue weighted by atomic mass is 9.94. The fraction of sp³-hybridized carbons (Fsp3) is 0.619. The second-order valence-electron chi connectivity index (χ2n) is 7.71. The van der Waals surface area contributed by atoms with E-state index in [1.54, 1.807) is 13.2 Å². The molecule has 0 unspecified atom stereocenters. The number of piperidine rings is 1. The van der Waals surface area contributed by atoms with Gasteiger partial charge in [0, 0.05) is 30.1 Å². The van der Waals surface area contributed by atoms with Crippen molar-refractivity contribution >= 4 is 29.1 Å². The number of aryl methyl sites for hydroxylation is 1. The number of rotatable bonds is 5. The first kappa shape index (κ1) is 21.9. The number of nitrogens with one attached hydrogen (secondary N) is 1. The molecule has 3 rings (SSSR count). The van der Waals surface area contributed by atoms with Crippen molar-refractivity contribution in [3.63, 3.8) is 0 Å². The lowest BCUT2D eigenvalue weighted by Crippen LogP contribution is -2.50.